The minimum Gasteiger partial charge on any atom is -0.301 e. The Morgan fingerprint density at radius 3 is 0.585 bits per heavy atom. The minimum atomic E-state index is -3.50. The molecule has 0 radical (unpaired) electrons. The van der Waals surface area contributed by atoms with Crippen LogP contribution in [0.4, 0.5) is 0 Å². The van der Waals surface area contributed by atoms with Gasteiger partial charge in [0, 0.05) is 25.7 Å². The molecule has 65 heavy (non-hydrogen) atoms. The Bertz CT molecular complexity index is 1450. The summed E-state index contributed by atoms with van der Waals surface area (Å²) in [5.74, 6) is -3.07. The van der Waals surface area contributed by atoms with Crippen molar-refractivity contribution in [3.05, 3.63) is 0 Å². The predicted octanol–water partition coefficient (Wildman–Crippen LogP) is 5.50. The number of nitrogens with zero attached hydrogens (tertiary/aromatic N) is 16. The summed E-state index contributed by atoms with van der Waals surface area (Å²) in [6.07, 6.45) is 6.47. The maximum Gasteiger partial charge on any atom is 0.668 e. The van der Waals surface area contributed by atoms with Crippen molar-refractivity contribution in [3.63, 3.8) is 0 Å². The summed E-state index contributed by atoms with van der Waals surface area (Å²) in [6, 6.07) is 0.331. The fourth-order valence-corrected chi connectivity index (χ4v) is 25.0. The van der Waals surface area contributed by atoms with E-state index in [1.165, 1.54) is 0 Å². The lowest BCUT2D eigenvalue weighted by atomic mass is 10.1. The van der Waals surface area contributed by atoms with Gasteiger partial charge in [-0.25, -0.2) is 0 Å². The highest BCUT2D eigenvalue weighted by Gasteiger charge is 2.70. The number of likely N-dealkylation sites (N-methyl/N-ethyl adjacent to an activating group) is 12. The summed E-state index contributed by atoms with van der Waals surface area (Å²) in [5.41, 5.74) is 0. The van der Waals surface area contributed by atoms with E-state index in [1.807, 2.05) is 0 Å². The Morgan fingerprint density at radius 2 is 0.462 bits per heavy atom. The molecule has 8 atom stereocenters. The van der Waals surface area contributed by atoms with E-state index in [0.717, 1.165) is 50.3 Å². The molecule has 0 saturated carbocycles. The van der Waals surface area contributed by atoms with Crippen LogP contribution < -0.4 is 0 Å². The second-order valence-corrected chi connectivity index (χ2v) is 29.7. The van der Waals surface area contributed by atoms with Crippen molar-refractivity contribution in [1.29, 1.82) is 0 Å². The zero-order valence-electron chi connectivity index (χ0n) is 45.0. The molecular weight excluding hydrogens is 923 g/mol. The van der Waals surface area contributed by atoms with E-state index < -0.39 is 63.0 Å². The van der Waals surface area contributed by atoms with Crippen LogP contribution in [0.1, 0.15) is 25.7 Å². The van der Waals surface area contributed by atoms with Crippen LogP contribution in [0.15, 0.2) is 18.1 Å². The largest absolute Gasteiger partial charge is 0.668 e. The second-order valence-electron chi connectivity index (χ2n) is 20.4. The highest BCUT2D eigenvalue weighted by atomic mass is 31.3. The topological polar surface area (TPSA) is 125 Å². The average Bonchev–Trinajstić information content (AvgIpc) is 3.19. The summed E-state index contributed by atoms with van der Waals surface area (Å²) >= 11 is 0. The van der Waals surface area contributed by atoms with Crippen molar-refractivity contribution in [2.24, 2.45) is 18.1 Å². The molecule has 4 heterocycles. The molecule has 4 rings (SSSR count). The molecule has 4 saturated heterocycles. The minimum absolute atomic E-state index is 0.0828. The van der Waals surface area contributed by atoms with Gasteiger partial charge >= 0.3 is 39.6 Å². The zero-order chi connectivity index (χ0) is 49.4. The molecule has 0 aromatic carbocycles. The molecule has 20 nitrogen and oxygen atoms in total. The summed E-state index contributed by atoms with van der Waals surface area (Å²) in [4.78, 5) is 26.7. The van der Waals surface area contributed by atoms with Crippen molar-refractivity contribution in [2.75, 3.05) is 194 Å². The van der Waals surface area contributed by atoms with Crippen LogP contribution in [0.25, 0.3) is 0 Å². The van der Waals surface area contributed by atoms with E-state index in [4.69, 9.17) is 36.2 Å². The Hall–Kier alpha value is 0.190. The highest BCUT2D eigenvalue weighted by Crippen LogP contribution is 2.79. The SMILES string of the molecule is CN(C)C1CC[P+](=N[P+](N=[P+]2CCC(N(C)C)C(N(C)C)(N(C)C)O2)(N=[P+]2CCC(N(C)C)C(N(C)C)(N(C)C)O2)N=[P+]2CCC(N(C)C)C(N(C)C)(N(C)C)O2)OC1(N(C)C)N(C)C. The van der Waals surface area contributed by atoms with Gasteiger partial charge in [-0.1, -0.05) is 0 Å². The van der Waals surface area contributed by atoms with Crippen LogP contribution in [-0.2, 0) is 18.1 Å². The highest BCUT2D eigenvalue weighted by molar-refractivity contribution is 7.82. The molecule has 0 aliphatic carbocycles. The van der Waals surface area contributed by atoms with Crippen molar-refractivity contribution >= 4 is 39.6 Å². The van der Waals surface area contributed by atoms with Gasteiger partial charge in [0.1, 0.15) is 0 Å². The number of rotatable bonds is 16. The fourth-order valence-electron chi connectivity index (χ4n) is 10.6. The van der Waals surface area contributed by atoms with Crippen LogP contribution >= 0.6 is 39.6 Å². The molecule has 8 unspecified atom stereocenters. The average molecular weight is 1020 g/mol. The summed E-state index contributed by atoms with van der Waals surface area (Å²) in [7, 11) is 41.3. The molecule has 0 bridgehead atoms. The molecule has 4 aliphatic heterocycles. The number of hydrogen-bond acceptors (Lipinski definition) is 20. The van der Waals surface area contributed by atoms with Crippen LogP contribution in [0.2, 0.25) is 0 Å². The maximum atomic E-state index is 7.48. The van der Waals surface area contributed by atoms with Crippen LogP contribution in [0.5, 0.6) is 0 Å². The molecule has 0 aromatic heterocycles. The fraction of sp³-hybridized carbons (Fsp3) is 1.00. The van der Waals surface area contributed by atoms with E-state index in [2.05, 4.69) is 228 Å². The van der Waals surface area contributed by atoms with Gasteiger partial charge in [0.2, 0.25) is 23.4 Å². The molecule has 0 aromatic rings. The van der Waals surface area contributed by atoms with Gasteiger partial charge in [0.25, 0.3) is 0 Å². The third-order valence-corrected chi connectivity index (χ3v) is 25.1. The summed E-state index contributed by atoms with van der Waals surface area (Å²) in [6.45, 7) is 0. The number of hydrogen-bond donors (Lipinski definition) is 0. The first-order chi connectivity index (χ1) is 30.0. The molecule has 4 fully saturated rings. The standard InChI is InChI=1S/C40H92N16O4P5/c1-45(2)33-25-29-61(57-37(33,49(9)10)50(11)12)41-65(42-62-30-26-34(46(3)4)38(58-62,51(13)14)52(15)16,43-63-31-27-35(47(5)6)39(59-63,53(17)18)54(19)20)44-64-32-28-36(48(7)8)40(60-64,55(21)22)56(23)24/h33-36H,25-32H2,1-24H3/q+5. The lowest BCUT2D eigenvalue weighted by molar-refractivity contribution is -0.201. The lowest BCUT2D eigenvalue weighted by Gasteiger charge is -2.49. The Labute approximate surface area is 400 Å². The Morgan fingerprint density at radius 1 is 0.308 bits per heavy atom. The van der Waals surface area contributed by atoms with Crippen molar-refractivity contribution in [2.45, 2.75) is 73.2 Å². The molecule has 25 heteroatoms. The van der Waals surface area contributed by atoms with Crippen LogP contribution in [-0.4, -0.2) is 300 Å². The Balaban J connectivity index is 2.20. The third kappa shape index (κ3) is 11.3. The van der Waals surface area contributed by atoms with E-state index in [9.17, 15) is 0 Å². The van der Waals surface area contributed by atoms with Crippen molar-refractivity contribution in [3.8, 4) is 0 Å². The monoisotopic (exact) mass is 1020 g/mol. The van der Waals surface area contributed by atoms with E-state index >= 15 is 0 Å². The quantitative estimate of drug-likeness (QED) is 0.143. The van der Waals surface area contributed by atoms with Gasteiger partial charge < -0.3 is 19.6 Å². The molecule has 0 N–H and O–H groups in total. The normalized spacial score (nSPS) is 30.0. The van der Waals surface area contributed by atoms with E-state index in [1.54, 1.807) is 0 Å². The first-order valence-corrected chi connectivity index (χ1v) is 29.9. The second kappa shape index (κ2) is 22.7. The summed E-state index contributed by atoms with van der Waals surface area (Å²) in [5, 5.41) is 0. The molecule has 0 spiro atoms. The Kier molecular flexibility index (Phi) is 20.2. The first-order valence-electron chi connectivity index (χ1n) is 22.8. The molecule has 0 amide bonds. The van der Waals surface area contributed by atoms with Gasteiger partial charge in [-0.3, -0.25) is 39.2 Å². The van der Waals surface area contributed by atoms with Crippen LogP contribution in [0.3, 0.4) is 0 Å². The smallest absolute Gasteiger partial charge is 0.301 e. The van der Waals surface area contributed by atoms with Gasteiger partial charge in [-0.05, 0) is 169 Å². The molecule has 376 valence electrons. The summed E-state index contributed by atoms with van der Waals surface area (Å²) < 4.78 is 53.7. The third-order valence-electron chi connectivity index (χ3n) is 13.6. The zero-order valence-corrected chi connectivity index (χ0v) is 49.5. The van der Waals surface area contributed by atoms with Gasteiger partial charge in [-0.2, -0.15) is 0 Å². The van der Waals surface area contributed by atoms with Crippen LogP contribution in [0, 0.1) is 0 Å². The van der Waals surface area contributed by atoms with Crippen molar-refractivity contribution < 1.29 is 18.1 Å². The van der Waals surface area contributed by atoms with Gasteiger partial charge in [-0.15, -0.1) is 18.1 Å². The first kappa shape index (κ1) is 57.8. The lowest BCUT2D eigenvalue weighted by Crippen LogP contribution is -2.68. The van der Waals surface area contributed by atoms with Gasteiger partial charge in [0.05, 0.1) is 24.2 Å². The van der Waals surface area contributed by atoms with E-state index in [-0.39, 0.29) is 24.2 Å². The van der Waals surface area contributed by atoms with E-state index in [0.29, 0.717) is 0 Å². The van der Waals surface area contributed by atoms with Gasteiger partial charge in [0.15, 0.2) is 42.7 Å². The maximum absolute atomic E-state index is 7.48. The van der Waals surface area contributed by atoms with Crippen molar-refractivity contribution in [1.82, 2.24) is 58.8 Å². The molecular formula is C40H92N16O4P5+5. The predicted molar refractivity (Wildman–Crippen MR) is 277 cm³/mol. The molecule has 4 aliphatic rings.